The van der Waals surface area contributed by atoms with Crippen molar-refractivity contribution in [3.8, 4) is 11.5 Å². The molecule has 0 atom stereocenters. The van der Waals surface area contributed by atoms with Crippen LogP contribution in [0.2, 0.25) is 5.02 Å². The molecule has 0 aliphatic heterocycles. The van der Waals surface area contributed by atoms with E-state index in [9.17, 15) is 4.79 Å². The van der Waals surface area contributed by atoms with E-state index in [0.717, 1.165) is 31.2 Å². The van der Waals surface area contributed by atoms with Crippen molar-refractivity contribution < 1.29 is 9.21 Å². The van der Waals surface area contributed by atoms with Gasteiger partial charge in [0, 0.05) is 29.5 Å². The third-order valence-electron chi connectivity index (χ3n) is 4.17. The van der Waals surface area contributed by atoms with E-state index in [4.69, 9.17) is 16.0 Å². The number of aromatic nitrogens is 2. The summed E-state index contributed by atoms with van der Waals surface area (Å²) in [6.07, 6.45) is 6.12. The molecule has 0 unspecified atom stereocenters. The summed E-state index contributed by atoms with van der Waals surface area (Å²) in [5.74, 6) is 1.33. The van der Waals surface area contributed by atoms with Crippen molar-refractivity contribution in [1.29, 1.82) is 0 Å². The smallest absolute Gasteiger partial charge is 0.247 e. The molecule has 1 saturated carbocycles. The van der Waals surface area contributed by atoms with Crippen molar-refractivity contribution in [3.63, 3.8) is 0 Å². The maximum absolute atomic E-state index is 12.1. The van der Waals surface area contributed by atoms with E-state index >= 15 is 0 Å². The fraction of sp³-hybridized carbons (Fsp3) is 0.471. The Morgan fingerprint density at radius 1 is 1.17 bits per heavy atom. The molecule has 23 heavy (non-hydrogen) atoms. The monoisotopic (exact) mass is 333 g/mol. The number of hydrogen-bond donors (Lipinski definition) is 1. The summed E-state index contributed by atoms with van der Waals surface area (Å²) >= 11 is 5.86. The maximum atomic E-state index is 12.1. The molecule has 1 heterocycles. The van der Waals surface area contributed by atoms with Gasteiger partial charge in [0.25, 0.3) is 0 Å². The average Bonchev–Trinajstić information content (AvgIpc) is 3.05. The number of rotatable bonds is 5. The van der Waals surface area contributed by atoms with Crippen LogP contribution in [-0.2, 0) is 11.2 Å². The third kappa shape index (κ3) is 4.32. The Labute approximate surface area is 140 Å². The van der Waals surface area contributed by atoms with Gasteiger partial charge in [-0.15, -0.1) is 10.2 Å². The Morgan fingerprint density at radius 3 is 2.65 bits per heavy atom. The molecule has 1 amide bonds. The van der Waals surface area contributed by atoms with Crippen LogP contribution >= 0.6 is 11.6 Å². The first-order valence-electron chi connectivity index (χ1n) is 8.08. The van der Waals surface area contributed by atoms with Crippen LogP contribution in [0.1, 0.15) is 38.0 Å². The summed E-state index contributed by atoms with van der Waals surface area (Å²) in [6, 6.07) is 7.24. The van der Waals surface area contributed by atoms with Crippen LogP contribution < -0.4 is 5.32 Å². The van der Waals surface area contributed by atoms with Gasteiger partial charge in [0.05, 0.1) is 0 Å². The van der Waals surface area contributed by atoms with Crippen molar-refractivity contribution in [1.82, 2.24) is 15.5 Å². The number of halogens is 1. The lowest BCUT2D eigenvalue weighted by atomic mass is 9.89. The molecular weight excluding hydrogens is 314 g/mol. The van der Waals surface area contributed by atoms with Crippen LogP contribution in [0, 0.1) is 5.92 Å². The first kappa shape index (κ1) is 16.0. The van der Waals surface area contributed by atoms with Gasteiger partial charge in [-0.3, -0.25) is 4.79 Å². The summed E-state index contributed by atoms with van der Waals surface area (Å²) in [5.41, 5.74) is 0.833. The van der Waals surface area contributed by atoms with Gasteiger partial charge in [-0.05, 0) is 37.1 Å². The molecule has 1 aliphatic carbocycles. The first-order valence-corrected chi connectivity index (χ1v) is 8.46. The highest BCUT2D eigenvalue weighted by molar-refractivity contribution is 6.30. The molecule has 1 aromatic heterocycles. The van der Waals surface area contributed by atoms with Crippen LogP contribution in [0.4, 0.5) is 0 Å². The second kappa shape index (κ2) is 7.59. The molecule has 0 radical (unpaired) electrons. The van der Waals surface area contributed by atoms with E-state index in [2.05, 4.69) is 15.5 Å². The zero-order chi connectivity index (χ0) is 16.1. The van der Waals surface area contributed by atoms with Gasteiger partial charge in [0.1, 0.15) is 0 Å². The van der Waals surface area contributed by atoms with E-state index in [1.54, 1.807) is 12.1 Å². The van der Waals surface area contributed by atoms with Crippen molar-refractivity contribution in [3.05, 3.63) is 35.2 Å². The molecule has 0 saturated heterocycles. The number of amides is 1. The molecule has 3 rings (SSSR count). The summed E-state index contributed by atoms with van der Waals surface area (Å²) in [7, 11) is 0. The van der Waals surface area contributed by atoms with Crippen molar-refractivity contribution in [2.24, 2.45) is 5.92 Å². The van der Waals surface area contributed by atoms with Crippen molar-refractivity contribution >= 4 is 17.5 Å². The highest BCUT2D eigenvalue weighted by atomic mass is 35.5. The van der Waals surface area contributed by atoms with Gasteiger partial charge in [0.15, 0.2) is 0 Å². The molecule has 0 spiro atoms. The Hall–Kier alpha value is -1.88. The topological polar surface area (TPSA) is 68.0 Å². The Morgan fingerprint density at radius 2 is 1.91 bits per heavy atom. The second-order valence-corrected chi connectivity index (χ2v) is 6.32. The molecule has 6 heteroatoms. The minimum atomic E-state index is 0.155. The first-order chi connectivity index (χ1) is 11.2. The van der Waals surface area contributed by atoms with Gasteiger partial charge in [-0.25, -0.2) is 0 Å². The number of nitrogens with zero attached hydrogens (tertiary/aromatic N) is 2. The highest BCUT2D eigenvalue weighted by Crippen LogP contribution is 2.23. The maximum Gasteiger partial charge on any atom is 0.247 e. The second-order valence-electron chi connectivity index (χ2n) is 5.88. The molecule has 1 fully saturated rings. The van der Waals surface area contributed by atoms with E-state index in [1.165, 1.54) is 6.42 Å². The zero-order valence-electron chi connectivity index (χ0n) is 12.9. The van der Waals surface area contributed by atoms with E-state index in [1.807, 2.05) is 12.1 Å². The van der Waals surface area contributed by atoms with Crippen LogP contribution in [0.3, 0.4) is 0 Å². The lowest BCUT2D eigenvalue weighted by Crippen LogP contribution is -2.33. The zero-order valence-corrected chi connectivity index (χ0v) is 13.7. The molecule has 0 bridgehead atoms. The number of carbonyl (C=O) groups is 1. The summed E-state index contributed by atoms with van der Waals surface area (Å²) in [6.45, 7) is 0.525. The predicted molar refractivity (Wildman–Crippen MR) is 88.0 cm³/mol. The van der Waals surface area contributed by atoms with Gasteiger partial charge in [0.2, 0.25) is 17.7 Å². The Balaban J connectivity index is 1.49. The van der Waals surface area contributed by atoms with E-state index < -0.39 is 0 Å². The Kier molecular flexibility index (Phi) is 5.28. The van der Waals surface area contributed by atoms with Gasteiger partial charge < -0.3 is 9.73 Å². The van der Waals surface area contributed by atoms with Crippen LogP contribution in [0.5, 0.6) is 0 Å². The van der Waals surface area contributed by atoms with Crippen LogP contribution in [0.15, 0.2) is 28.7 Å². The standard InChI is InChI=1S/C17H20ClN3O2/c18-14-8-6-13(7-9-14)17-21-20-15(23-17)10-11-19-16(22)12-4-2-1-3-5-12/h6-9,12H,1-5,10-11H2,(H,19,22). The Bertz CT molecular complexity index is 648. The van der Waals surface area contributed by atoms with Gasteiger partial charge >= 0.3 is 0 Å². The molecule has 2 aromatic rings. The van der Waals surface area contributed by atoms with Crippen molar-refractivity contribution in [2.45, 2.75) is 38.5 Å². The third-order valence-corrected chi connectivity index (χ3v) is 4.42. The molecule has 1 N–H and O–H groups in total. The predicted octanol–water partition coefficient (Wildman–Crippen LogP) is 3.63. The molecule has 1 aliphatic rings. The quantitative estimate of drug-likeness (QED) is 0.907. The fourth-order valence-corrected chi connectivity index (χ4v) is 2.99. The fourth-order valence-electron chi connectivity index (χ4n) is 2.87. The number of benzene rings is 1. The lowest BCUT2D eigenvalue weighted by molar-refractivity contribution is -0.125. The average molecular weight is 334 g/mol. The number of nitrogens with one attached hydrogen (secondary N) is 1. The largest absolute Gasteiger partial charge is 0.421 e. The summed E-state index contributed by atoms with van der Waals surface area (Å²) in [5, 5.41) is 11.7. The molecular formula is C17H20ClN3O2. The SMILES string of the molecule is O=C(NCCc1nnc(-c2ccc(Cl)cc2)o1)C1CCCCC1. The number of carbonyl (C=O) groups excluding carboxylic acids is 1. The molecule has 122 valence electrons. The molecule has 5 nitrogen and oxygen atoms in total. The van der Waals surface area contributed by atoms with Gasteiger partial charge in [-0.2, -0.15) is 0 Å². The van der Waals surface area contributed by atoms with Crippen molar-refractivity contribution in [2.75, 3.05) is 6.54 Å². The van der Waals surface area contributed by atoms with E-state index in [0.29, 0.717) is 29.8 Å². The normalized spacial score (nSPS) is 15.5. The summed E-state index contributed by atoms with van der Waals surface area (Å²) < 4.78 is 5.62. The minimum absolute atomic E-state index is 0.155. The van der Waals surface area contributed by atoms with Crippen LogP contribution in [-0.4, -0.2) is 22.6 Å². The highest BCUT2D eigenvalue weighted by Gasteiger charge is 2.20. The molecule has 1 aromatic carbocycles. The van der Waals surface area contributed by atoms with Gasteiger partial charge in [-0.1, -0.05) is 30.9 Å². The summed E-state index contributed by atoms with van der Waals surface area (Å²) in [4.78, 5) is 12.1. The van der Waals surface area contributed by atoms with E-state index in [-0.39, 0.29) is 11.8 Å². The number of hydrogen-bond acceptors (Lipinski definition) is 4. The van der Waals surface area contributed by atoms with Crippen LogP contribution in [0.25, 0.3) is 11.5 Å². The lowest BCUT2D eigenvalue weighted by Gasteiger charge is -2.20. The minimum Gasteiger partial charge on any atom is -0.421 e.